The molecule has 0 aromatic heterocycles. The minimum Gasteiger partial charge on any atom is -0.495 e. The van der Waals surface area contributed by atoms with Crippen LogP contribution in [0, 0.1) is 5.82 Å². The molecule has 1 fully saturated rings. The largest absolute Gasteiger partial charge is 0.495 e. The monoisotopic (exact) mass is 257 g/mol. The molecule has 0 amide bonds. The molecule has 1 aliphatic rings. The number of nitrogens with two attached hydrogens (primary N) is 1. The van der Waals surface area contributed by atoms with Crippen molar-refractivity contribution in [3.8, 4) is 5.75 Å². The van der Waals surface area contributed by atoms with E-state index in [0.717, 1.165) is 31.2 Å². The molecular formula is C13H17ClFNO. The second-order valence-electron chi connectivity index (χ2n) is 4.63. The Bertz CT molecular complexity index is 416. The van der Waals surface area contributed by atoms with Crippen LogP contribution in [0.5, 0.6) is 5.75 Å². The first-order valence-corrected chi connectivity index (χ1v) is 6.25. The van der Waals surface area contributed by atoms with E-state index in [1.807, 2.05) is 0 Å². The summed E-state index contributed by atoms with van der Waals surface area (Å²) in [4.78, 5) is 0. The number of benzene rings is 1. The summed E-state index contributed by atoms with van der Waals surface area (Å²) in [5, 5.41) is 0.0599. The summed E-state index contributed by atoms with van der Waals surface area (Å²) < 4.78 is 18.7. The van der Waals surface area contributed by atoms with Crippen molar-refractivity contribution in [2.24, 2.45) is 5.73 Å². The number of halogens is 2. The van der Waals surface area contributed by atoms with E-state index in [1.54, 1.807) is 6.07 Å². The van der Waals surface area contributed by atoms with Crippen molar-refractivity contribution in [2.75, 3.05) is 13.7 Å². The normalized spacial score (nSPS) is 18.4. The zero-order valence-electron chi connectivity index (χ0n) is 9.93. The van der Waals surface area contributed by atoms with Gasteiger partial charge in [-0.3, -0.25) is 0 Å². The molecule has 17 heavy (non-hydrogen) atoms. The van der Waals surface area contributed by atoms with E-state index < -0.39 is 5.82 Å². The van der Waals surface area contributed by atoms with Gasteiger partial charge in [-0.05, 0) is 18.9 Å². The Morgan fingerprint density at radius 3 is 2.59 bits per heavy atom. The zero-order valence-corrected chi connectivity index (χ0v) is 10.7. The molecule has 0 spiro atoms. The van der Waals surface area contributed by atoms with E-state index in [-0.39, 0.29) is 10.4 Å². The molecule has 2 rings (SSSR count). The van der Waals surface area contributed by atoms with Crippen molar-refractivity contribution in [3.05, 3.63) is 28.5 Å². The highest BCUT2D eigenvalue weighted by Crippen LogP contribution is 2.46. The predicted molar refractivity (Wildman–Crippen MR) is 67.2 cm³/mol. The van der Waals surface area contributed by atoms with Crippen LogP contribution in [0.15, 0.2) is 12.1 Å². The van der Waals surface area contributed by atoms with Crippen molar-refractivity contribution < 1.29 is 9.13 Å². The first-order chi connectivity index (χ1) is 8.14. The fraction of sp³-hybridized carbons (Fsp3) is 0.538. The highest BCUT2D eigenvalue weighted by atomic mass is 35.5. The Balaban J connectivity index is 2.54. The van der Waals surface area contributed by atoms with Crippen LogP contribution in [0.1, 0.15) is 31.2 Å². The molecule has 0 radical (unpaired) electrons. The van der Waals surface area contributed by atoms with Gasteiger partial charge in [0.2, 0.25) is 0 Å². The average Bonchev–Trinajstić information content (AvgIpc) is 2.82. The van der Waals surface area contributed by atoms with E-state index in [0.29, 0.717) is 12.3 Å². The maximum Gasteiger partial charge on any atom is 0.145 e. The number of rotatable bonds is 3. The van der Waals surface area contributed by atoms with Crippen LogP contribution < -0.4 is 10.5 Å². The van der Waals surface area contributed by atoms with Crippen molar-refractivity contribution >= 4 is 11.6 Å². The lowest BCUT2D eigenvalue weighted by Gasteiger charge is -2.29. The predicted octanol–water partition coefficient (Wildman–Crippen LogP) is 3.26. The third kappa shape index (κ3) is 2.02. The molecule has 1 saturated carbocycles. The fourth-order valence-corrected chi connectivity index (χ4v) is 3.03. The molecular weight excluding hydrogens is 241 g/mol. The first-order valence-electron chi connectivity index (χ1n) is 5.87. The van der Waals surface area contributed by atoms with Gasteiger partial charge in [0, 0.05) is 17.5 Å². The zero-order chi connectivity index (χ0) is 12.5. The van der Waals surface area contributed by atoms with E-state index in [4.69, 9.17) is 22.1 Å². The van der Waals surface area contributed by atoms with Crippen LogP contribution in [-0.2, 0) is 5.41 Å². The SMILES string of the molecule is COc1c(C2(CN)CCCC2)ccc(F)c1Cl. The Labute approximate surface area is 106 Å². The molecule has 0 unspecified atom stereocenters. The van der Waals surface area contributed by atoms with Crippen molar-refractivity contribution in [1.82, 2.24) is 0 Å². The van der Waals surface area contributed by atoms with Gasteiger partial charge in [-0.25, -0.2) is 4.39 Å². The summed E-state index contributed by atoms with van der Waals surface area (Å²) in [6, 6.07) is 3.16. The van der Waals surface area contributed by atoms with E-state index in [9.17, 15) is 4.39 Å². The highest BCUT2D eigenvalue weighted by molar-refractivity contribution is 6.32. The van der Waals surface area contributed by atoms with Crippen LogP contribution in [0.25, 0.3) is 0 Å². The van der Waals surface area contributed by atoms with Gasteiger partial charge in [0.1, 0.15) is 16.6 Å². The van der Waals surface area contributed by atoms with Crippen LogP contribution in [0.4, 0.5) is 4.39 Å². The van der Waals surface area contributed by atoms with Gasteiger partial charge in [-0.2, -0.15) is 0 Å². The minimum absolute atomic E-state index is 0.0599. The second-order valence-corrected chi connectivity index (χ2v) is 5.01. The number of hydrogen-bond acceptors (Lipinski definition) is 2. The smallest absolute Gasteiger partial charge is 0.145 e. The lowest BCUT2D eigenvalue weighted by atomic mass is 9.78. The number of hydrogen-bond donors (Lipinski definition) is 1. The molecule has 0 saturated heterocycles. The molecule has 2 N–H and O–H groups in total. The summed E-state index contributed by atoms with van der Waals surface area (Å²) in [5.74, 6) is -0.00329. The number of methoxy groups -OCH3 is 1. The molecule has 1 aromatic rings. The lowest BCUT2D eigenvalue weighted by molar-refractivity contribution is 0.375. The number of ether oxygens (including phenoxy) is 1. The van der Waals surface area contributed by atoms with E-state index >= 15 is 0 Å². The Morgan fingerprint density at radius 2 is 2.06 bits per heavy atom. The molecule has 0 heterocycles. The van der Waals surface area contributed by atoms with Gasteiger partial charge in [0.25, 0.3) is 0 Å². The Kier molecular flexibility index (Phi) is 3.59. The molecule has 1 aliphatic carbocycles. The second kappa shape index (κ2) is 4.83. The summed E-state index contributed by atoms with van der Waals surface area (Å²) in [6.07, 6.45) is 4.33. The van der Waals surface area contributed by atoms with Gasteiger partial charge in [0.15, 0.2) is 0 Å². The minimum atomic E-state index is -0.447. The van der Waals surface area contributed by atoms with Gasteiger partial charge in [-0.1, -0.05) is 30.5 Å². The molecule has 1 aromatic carbocycles. The third-order valence-corrected chi connectivity index (χ3v) is 4.13. The van der Waals surface area contributed by atoms with Gasteiger partial charge < -0.3 is 10.5 Å². The third-order valence-electron chi connectivity index (χ3n) is 3.78. The molecule has 0 aliphatic heterocycles. The van der Waals surface area contributed by atoms with Crippen LogP contribution in [0.3, 0.4) is 0 Å². The van der Waals surface area contributed by atoms with Crippen molar-refractivity contribution in [3.63, 3.8) is 0 Å². The fourth-order valence-electron chi connectivity index (χ4n) is 2.78. The van der Waals surface area contributed by atoms with Crippen molar-refractivity contribution in [2.45, 2.75) is 31.1 Å². The van der Waals surface area contributed by atoms with Crippen molar-refractivity contribution in [1.29, 1.82) is 0 Å². The topological polar surface area (TPSA) is 35.2 Å². The average molecular weight is 258 g/mol. The quantitative estimate of drug-likeness (QED) is 0.902. The van der Waals surface area contributed by atoms with Crippen LogP contribution in [0.2, 0.25) is 5.02 Å². The Morgan fingerprint density at radius 1 is 1.41 bits per heavy atom. The maximum absolute atomic E-state index is 13.4. The summed E-state index contributed by atoms with van der Waals surface area (Å²) in [5.41, 5.74) is 6.78. The summed E-state index contributed by atoms with van der Waals surface area (Å²) in [6.45, 7) is 0.547. The van der Waals surface area contributed by atoms with Gasteiger partial charge in [0.05, 0.1) is 7.11 Å². The molecule has 2 nitrogen and oxygen atoms in total. The molecule has 4 heteroatoms. The highest BCUT2D eigenvalue weighted by Gasteiger charge is 2.37. The van der Waals surface area contributed by atoms with E-state index in [1.165, 1.54) is 13.2 Å². The molecule has 0 bridgehead atoms. The Hall–Kier alpha value is -0.800. The molecule has 0 atom stereocenters. The maximum atomic E-state index is 13.4. The van der Waals surface area contributed by atoms with Gasteiger partial charge >= 0.3 is 0 Å². The van der Waals surface area contributed by atoms with Crippen LogP contribution in [-0.4, -0.2) is 13.7 Å². The van der Waals surface area contributed by atoms with E-state index in [2.05, 4.69) is 0 Å². The molecule has 94 valence electrons. The standard InChI is InChI=1S/C13H17ClFNO/c1-17-12-9(4-5-10(15)11(12)14)13(8-16)6-2-3-7-13/h4-5H,2-3,6-8,16H2,1H3. The van der Waals surface area contributed by atoms with Crippen LogP contribution >= 0.6 is 11.6 Å². The van der Waals surface area contributed by atoms with Gasteiger partial charge in [-0.15, -0.1) is 0 Å². The summed E-state index contributed by atoms with van der Waals surface area (Å²) in [7, 11) is 1.52. The summed E-state index contributed by atoms with van der Waals surface area (Å²) >= 11 is 5.96. The lowest BCUT2D eigenvalue weighted by Crippen LogP contribution is -2.32. The first kappa shape index (κ1) is 12.7.